The number of hydrogen-bond donors (Lipinski definition) is 1. The Kier molecular flexibility index (Phi) is 10.5. The summed E-state index contributed by atoms with van der Waals surface area (Å²) in [5, 5.41) is 3.20. The van der Waals surface area contributed by atoms with Crippen LogP contribution in [0.4, 0.5) is 5.69 Å². The number of nitrogens with zero attached hydrogens (tertiary/aromatic N) is 2. The van der Waals surface area contributed by atoms with Crippen LogP contribution >= 0.6 is 0 Å². The minimum absolute atomic E-state index is 0.107. The van der Waals surface area contributed by atoms with E-state index in [4.69, 9.17) is 9.47 Å². The molecule has 224 valence electrons. The molecule has 2 amide bonds. The molecule has 0 saturated heterocycles. The molecule has 0 bridgehead atoms. The summed E-state index contributed by atoms with van der Waals surface area (Å²) in [6.45, 7) is 5.20. The van der Waals surface area contributed by atoms with Gasteiger partial charge in [0, 0.05) is 31.6 Å². The third-order valence-corrected chi connectivity index (χ3v) is 9.10. The maximum absolute atomic E-state index is 13.8. The van der Waals surface area contributed by atoms with E-state index in [1.165, 1.54) is 10.7 Å². The first-order valence-electron chi connectivity index (χ1n) is 14.7. The Bertz CT molecular complexity index is 1310. The van der Waals surface area contributed by atoms with Crippen molar-refractivity contribution in [2.75, 3.05) is 30.3 Å². The van der Waals surface area contributed by atoms with Crippen molar-refractivity contribution in [2.24, 2.45) is 0 Å². The van der Waals surface area contributed by atoms with Crippen molar-refractivity contribution in [1.29, 1.82) is 0 Å². The Hall–Kier alpha value is -3.27. The summed E-state index contributed by atoms with van der Waals surface area (Å²) in [7, 11) is -3.62. The minimum atomic E-state index is -3.62. The Balaban J connectivity index is 1.49. The third-order valence-electron chi connectivity index (χ3n) is 7.91. The third kappa shape index (κ3) is 8.15. The summed E-state index contributed by atoms with van der Waals surface area (Å²) in [4.78, 5) is 28.9. The number of aryl methyl sites for hydroxylation is 1. The van der Waals surface area contributed by atoms with E-state index in [0.29, 0.717) is 49.8 Å². The molecule has 0 unspecified atom stereocenters. The van der Waals surface area contributed by atoms with E-state index in [9.17, 15) is 18.0 Å². The smallest absolute Gasteiger partial charge is 0.243 e. The highest BCUT2D eigenvalue weighted by atomic mass is 32.2. The van der Waals surface area contributed by atoms with Gasteiger partial charge in [0.1, 0.15) is 19.3 Å². The second-order valence-corrected chi connectivity index (χ2v) is 12.9. The molecule has 1 heterocycles. The number of hydrogen-bond acceptors (Lipinski definition) is 6. The lowest BCUT2D eigenvalue weighted by Gasteiger charge is -2.33. The van der Waals surface area contributed by atoms with Crippen LogP contribution in [0, 0.1) is 6.92 Å². The number of anilines is 1. The fourth-order valence-corrected chi connectivity index (χ4v) is 6.58. The predicted octanol–water partition coefficient (Wildman–Crippen LogP) is 4.57. The molecule has 0 spiro atoms. The summed E-state index contributed by atoms with van der Waals surface area (Å²) < 4.78 is 37.9. The SMILES string of the molecule is CC[C@H](C(=O)NC1CCCCC1)N(Cc1ccccc1C)C(=O)CCCN(c1ccc2c(c1)OCCO2)S(C)(=O)=O. The molecule has 1 atom stereocenters. The van der Waals surface area contributed by atoms with Gasteiger partial charge in [-0.3, -0.25) is 13.9 Å². The van der Waals surface area contributed by atoms with Crippen LogP contribution in [0.2, 0.25) is 0 Å². The molecule has 1 fully saturated rings. The summed E-state index contributed by atoms with van der Waals surface area (Å²) in [5.41, 5.74) is 2.49. The Morgan fingerprint density at radius 2 is 1.73 bits per heavy atom. The molecule has 0 radical (unpaired) electrons. The second-order valence-electron chi connectivity index (χ2n) is 11.0. The summed E-state index contributed by atoms with van der Waals surface area (Å²) in [6, 6.07) is 12.5. The summed E-state index contributed by atoms with van der Waals surface area (Å²) in [6.07, 6.45) is 7.38. The number of amides is 2. The molecule has 1 aliphatic heterocycles. The van der Waals surface area contributed by atoms with Crippen molar-refractivity contribution >= 4 is 27.5 Å². The van der Waals surface area contributed by atoms with Crippen molar-refractivity contribution < 1.29 is 27.5 Å². The Morgan fingerprint density at radius 3 is 2.41 bits per heavy atom. The first kappa shape index (κ1) is 30.7. The normalized spacial score (nSPS) is 16.1. The highest BCUT2D eigenvalue weighted by Gasteiger charge is 2.31. The molecule has 2 aromatic rings. The predicted molar refractivity (Wildman–Crippen MR) is 160 cm³/mol. The van der Waals surface area contributed by atoms with E-state index in [0.717, 1.165) is 43.1 Å². The fourth-order valence-electron chi connectivity index (χ4n) is 5.63. The lowest BCUT2D eigenvalue weighted by molar-refractivity contribution is -0.141. The highest BCUT2D eigenvalue weighted by Crippen LogP contribution is 2.35. The van der Waals surface area contributed by atoms with Gasteiger partial charge in [-0.25, -0.2) is 8.42 Å². The highest BCUT2D eigenvalue weighted by molar-refractivity contribution is 7.92. The molecular weight excluding hydrogens is 542 g/mol. The van der Waals surface area contributed by atoms with Crippen molar-refractivity contribution in [2.45, 2.75) is 83.8 Å². The van der Waals surface area contributed by atoms with Gasteiger partial charge in [-0.05, 0) is 55.9 Å². The molecule has 10 heteroatoms. The van der Waals surface area contributed by atoms with Crippen LogP contribution in [0.25, 0.3) is 0 Å². The van der Waals surface area contributed by atoms with Crippen LogP contribution < -0.4 is 19.1 Å². The number of carbonyl (C=O) groups is 2. The van der Waals surface area contributed by atoms with Gasteiger partial charge < -0.3 is 19.7 Å². The van der Waals surface area contributed by atoms with E-state index in [-0.39, 0.29) is 30.8 Å². The minimum Gasteiger partial charge on any atom is -0.486 e. The van der Waals surface area contributed by atoms with Crippen LogP contribution in [-0.4, -0.2) is 63.2 Å². The van der Waals surface area contributed by atoms with Crippen LogP contribution in [0.3, 0.4) is 0 Å². The quantitative estimate of drug-likeness (QED) is 0.391. The monoisotopic (exact) mass is 585 g/mol. The van der Waals surface area contributed by atoms with Gasteiger partial charge in [0.2, 0.25) is 21.8 Å². The van der Waals surface area contributed by atoms with Gasteiger partial charge in [-0.2, -0.15) is 0 Å². The van der Waals surface area contributed by atoms with E-state index in [2.05, 4.69) is 5.32 Å². The fraction of sp³-hybridized carbons (Fsp3) is 0.548. The van der Waals surface area contributed by atoms with Crippen LogP contribution in [-0.2, 0) is 26.2 Å². The lowest BCUT2D eigenvalue weighted by Crippen LogP contribution is -2.51. The molecular formula is C31H43N3O6S. The Morgan fingerprint density at radius 1 is 1.02 bits per heavy atom. The van der Waals surface area contributed by atoms with Crippen LogP contribution in [0.5, 0.6) is 11.5 Å². The first-order valence-corrected chi connectivity index (χ1v) is 16.5. The second kappa shape index (κ2) is 14.1. The zero-order valence-electron chi connectivity index (χ0n) is 24.4. The van der Waals surface area contributed by atoms with Gasteiger partial charge >= 0.3 is 0 Å². The van der Waals surface area contributed by atoms with Crippen LogP contribution in [0.15, 0.2) is 42.5 Å². The van der Waals surface area contributed by atoms with E-state index >= 15 is 0 Å². The van der Waals surface area contributed by atoms with E-state index in [1.807, 2.05) is 38.1 Å². The van der Waals surface area contributed by atoms with Gasteiger partial charge in [0.15, 0.2) is 11.5 Å². The molecule has 0 aromatic heterocycles. The molecule has 1 saturated carbocycles. The molecule has 1 N–H and O–H groups in total. The van der Waals surface area contributed by atoms with Crippen molar-refractivity contribution in [1.82, 2.24) is 10.2 Å². The first-order chi connectivity index (χ1) is 19.7. The topological polar surface area (TPSA) is 105 Å². The number of nitrogens with one attached hydrogen (secondary N) is 1. The average molecular weight is 586 g/mol. The zero-order valence-corrected chi connectivity index (χ0v) is 25.3. The molecule has 4 rings (SSSR count). The number of benzene rings is 2. The maximum atomic E-state index is 13.8. The Labute approximate surface area is 244 Å². The van der Waals surface area contributed by atoms with Crippen molar-refractivity contribution in [3.8, 4) is 11.5 Å². The van der Waals surface area contributed by atoms with Crippen molar-refractivity contribution in [3.05, 3.63) is 53.6 Å². The molecule has 2 aliphatic rings. The van der Waals surface area contributed by atoms with Crippen LogP contribution in [0.1, 0.15) is 69.4 Å². The molecule has 1 aliphatic carbocycles. The van der Waals surface area contributed by atoms with E-state index < -0.39 is 16.1 Å². The van der Waals surface area contributed by atoms with E-state index in [1.54, 1.807) is 23.1 Å². The summed E-state index contributed by atoms with van der Waals surface area (Å²) >= 11 is 0. The largest absolute Gasteiger partial charge is 0.486 e. The number of sulfonamides is 1. The number of rotatable bonds is 12. The standard InChI is InChI=1S/C31H43N3O6S/c1-4-27(31(36)32-25-13-6-5-7-14-25)33(22-24-12-9-8-11-23(24)2)30(35)15-10-18-34(41(3,37)38)26-16-17-28-29(21-26)40-20-19-39-28/h8-9,11-12,16-17,21,25,27H,4-7,10,13-15,18-20,22H2,1-3H3,(H,32,36)/t27-/m1/s1. The molecule has 41 heavy (non-hydrogen) atoms. The number of carbonyl (C=O) groups excluding carboxylic acids is 2. The maximum Gasteiger partial charge on any atom is 0.243 e. The van der Waals surface area contributed by atoms with Crippen molar-refractivity contribution in [3.63, 3.8) is 0 Å². The average Bonchev–Trinajstić information content (AvgIpc) is 2.95. The number of fused-ring (bicyclic) bond motifs is 1. The van der Waals surface area contributed by atoms with Gasteiger partial charge in [-0.1, -0.05) is 50.5 Å². The summed E-state index contributed by atoms with van der Waals surface area (Å²) in [5.74, 6) is 0.787. The lowest BCUT2D eigenvalue weighted by atomic mass is 9.95. The van der Waals surface area contributed by atoms with Gasteiger partial charge in [-0.15, -0.1) is 0 Å². The van der Waals surface area contributed by atoms with Gasteiger partial charge in [0.25, 0.3) is 0 Å². The molecule has 9 nitrogen and oxygen atoms in total. The number of ether oxygens (including phenoxy) is 2. The molecule has 2 aromatic carbocycles. The van der Waals surface area contributed by atoms with Gasteiger partial charge in [0.05, 0.1) is 11.9 Å². The zero-order chi connectivity index (χ0) is 29.4.